The topological polar surface area (TPSA) is 86.0 Å². The number of hydrogen-bond donors (Lipinski definition) is 1. The van der Waals surface area contributed by atoms with Crippen LogP contribution in [0.5, 0.6) is 5.75 Å². The molecule has 0 aliphatic heterocycles. The number of carbonyl (C=O) groups excluding carboxylic acids is 1. The molecule has 0 fully saturated rings. The minimum Gasteiger partial charge on any atom is -0.482 e. The largest absolute Gasteiger partial charge is 0.482 e. The fourth-order valence-electron chi connectivity index (χ4n) is 1.31. The molecule has 0 saturated carbocycles. The Balaban J connectivity index is 2.23. The van der Waals surface area contributed by atoms with Gasteiger partial charge in [-0.05, 0) is 24.3 Å². The molecule has 2 aromatic rings. The molecule has 0 saturated heterocycles. The molecule has 1 heterocycles. The van der Waals surface area contributed by atoms with Crippen molar-refractivity contribution in [1.29, 1.82) is 0 Å². The molecule has 2 rings (SSSR count). The van der Waals surface area contributed by atoms with Gasteiger partial charge in [-0.25, -0.2) is 9.59 Å². The Morgan fingerprint density at radius 3 is 2.88 bits per heavy atom. The summed E-state index contributed by atoms with van der Waals surface area (Å²) in [6.45, 7) is -0.404. The summed E-state index contributed by atoms with van der Waals surface area (Å²) in [4.78, 5) is 25.0. The molecule has 0 bridgehead atoms. The number of carbonyl (C=O) groups is 1. The van der Waals surface area contributed by atoms with Crippen molar-refractivity contribution in [3.8, 4) is 5.75 Å². The van der Waals surface area contributed by atoms with Crippen LogP contribution >= 0.6 is 0 Å². The van der Waals surface area contributed by atoms with Crippen molar-refractivity contribution >= 4 is 16.9 Å². The van der Waals surface area contributed by atoms with Crippen molar-refractivity contribution < 1.29 is 24.1 Å². The van der Waals surface area contributed by atoms with Gasteiger partial charge < -0.3 is 9.15 Å². The Morgan fingerprint density at radius 2 is 2.12 bits per heavy atom. The van der Waals surface area contributed by atoms with Crippen LogP contribution in [0.25, 0.3) is 11.0 Å². The third kappa shape index (κ3) is 2.61. The van der Waals surface area contributed by atoms with E-state index >= 15 is 0 Å². The van der Waals surface area contributed by atoms with Crippen LogP contribution in [0, 0.1) is 0 Å². The van der Waals surface area contributed by atoms with E-state index in [1.54, 1.807) is 18.2 Å². The van der Waals surface area contributed by atoms with Gasteiger partial charge in [-0.2, -0.15) is 5.26 Å². The molecule has 1 aromatic carbocycles. The van der Waals surface area contributed by atoms with Gasteiger partial charge in [0.15, 0.2) is 6.61 Å². The number of benzene rings is 1. The summed E-state index contributed by atoms with van der Waals surface area (Å²) < 4.78 is 9.96. The molecule has 6 nitrogen and oxygen atoms in total. The lowest BCUT2D eigenvalue weighted by atomic mass is 10.2. The van der Waals surface area contributed by atoms with Gasteiger partial charge in [0, 0.05) is 11.5 Å². The summed E-state index contributed by atoms with van der Waals surface area (Å²) in [5.41, 5.74) is -0.00962. The average Bonchev–Trinajstić information content (AvgIpc) is 2.35. The smallest absolute Gasteiger partial charge is 0.379 e. The predicted octanol–water partition coefficient (Wildman–Crippen LogP) is 1.19. The van der Waals surface area contributed by atoms with Crippen molar-refractivity contribution in [3.05, 3.63) is 40.8 Å². The Bertz CT molecular complexity index is 600. The Hall–Kier alpha value is -2.34. The lowest BCUT2D eigenvalue weighted by Gasteiger charge is -2.04. The van der Waals surface area contributed by atoms with Gasteiger partial charge >= 0.3 is 11.6 Å². The van der Waals surface area contributed by atoms with Gasteiger partial charge in [0.05, 0.1) is 0 Å². The van der Waals surface area contributed by atoms with E-state index in [4.69, 9.17) is 14.4 Å². The lowest BCUT2D eigenvalue weighted by molar-refractivity contribution is -0.236. The molecule has 17 heavy (non-hydrogen) atoms. The first-order chi connectivity index (χ1) is 8.19. The Kier molecular flexibility index (Phi) is 3.06. The molecule has 1 N–H and O–H groups in total. The fourth-order valence-corrected chi connectivity index (χ4v) is 1.31. The maximum Gasteiger partial charge on any atom is 0.379 e. The van der Waals surface area contributed by atoms with Crippen molar-refractivity contribution in [1.82, 2.24) is 0 Å². The van der Waals surface area contributed by atoms with E-state index in [2.05, 4.69) is 4.89 Å². The molecule has 0 aliphatic carbocycles. The highest BCUT2D eigenvalue weighted by Crippen LogP contribution is 2.19. The number of ether oxygens (including phenoxy) is 1. The van der Waals surface area contributed by atoms with Crippen molar-refractivity contribution in [2.75, 3.05) is 6.61 Å². The Morgan fingerprint density at radius 1 is 1.29 bits per heavy atom. The number of rotatable bonds is 3. The quantitative estimate of drug-likeness (QED) is 0.489. The van der Waals surface area contributed by atoms with Crippen molar-refractivity contribution in [2.45, 2.75) is 0 Å². The second-order valence-electron chi connectivity index (χ2n) is 3.21. The monoisotopic (exact) mass is 236 g/mol. The van der Waals surface area contributed by atoms with Crippen LogP contribution in [-0.2, 0) is 9.68 Å². The molecule has 0 radical (unpaired) electrons. The van der Waals surface area contributed by atoms with E-state index in [1.165, 1.54) is 12.1 Å². The van der Waals surface area contributed by atoms with Crippen LogP contribution in [0.1, 0.15) is 0 Å². The van der Waals surface area contributed by atoms with Gasteiger partial charge in [-0.1, -0.05) is 0 Å². The first kappa shape index (κ1) is 11.2. The van der Waals surface area contributed by atoms with Crippen molar-refractivity contribution in [2.24, 2.45) is 0 Å². The van der Waals surface area contributed by atoms with Crippen LogP contribution in [0.3, 0.4) is 0 Å². The zero-order chi connectivity index (χ0) is 12.3. The highest BCUT2D eigenvalue weighted by atomic mass is 17.1. The number of fused-ring (bicyclic) bond motifs is 1. The summed E-state index contributed by atoms with van der Waals surface area (Å²) >= 11 is 0. The maximum absolute atomic E-state index is 10.9. The molecule has 88 valence electrons. The summed E-state index contributed by atoms with van der Waals surface area (Å²) in [6.07, 6.45) is 0. The molecular weight excluding hydrogens is 228 g/mol. The van der Waals surface area contributed by atoms with E-state index in [0.29, 0.717) is 16.7 Å². The normalized spacial score (nSPS) is 10.2. The summed E-state index contributed by atoms with van der Waals surface area (Å²) in [5, 5.41) is 8.70. The summed E-state index contributed by atoms with van der Waals surface area (Å²) in [6, 6.07) is 7.56. The van der Waals surface area contributed by atoms with Crippen LogP contribution in [0.2, 0.25) is 0 Å². The molecule has 0 unspecified atom stereocenters. The van der Waals surface area contributed by atoms with Crippen LogP contribution in [0.4, 0.5) is 0 Å². The standard InChI is InChI=1S/C11H8O6/c12-10-4-1-7-5-8(2-3-9(7)16-10)15-6-11(13)17-14/h1-5,14H,6H2. The van der Waals surface area contributed by atoms with Gasteiger partial charge in [0.2, 0.25) is 0 Å². The number of hydrogen-bond acceptors (Lipinski definition) is 6. The van der Waals surface area contributed by atoms with Crippen LogP contribution in [0.15, 0.2) is 39.5 Å². The average molecular weight is 236 g/mol. The molecular formula is C11H8O6. The Labute approximate surface area is 94.9 Å². The molecule has 0 aliphatic rings. The molecule has 1 aromatic heterocycles. The second kappa shape index (κ2) is 4.67. The van der Waals surface area contributed by atoms with Gasteiger partial charge in [-0.3, -0.25) is 4.89 Å². The van der Waals surface area contributed by atoms with E-state index < -0.39 is 18.2 Å². The fraction of sp³-hybridized carbons (Fsp3) is 0.0909. The maximum atomic E-state index is 10.9. The minimum atomic E-state index is -0.898. The van der Waals surface area contributed by atoms with Gasteiger partial charge in [0.1, 0.15) is 11.3 Å². The van der Waals surface area contributed by atoms with Crippen LogP contribution in [-0.4, -0.2) is 17.8 Å². The first-order valence-electron chi connectivity index (χ1n) is 4.70. The third-order valence-corrected chi connectivity index (χ3v) is 2.05. The van der Waals surface area contributed by atoms with Gasteiger partial charge in [-0.15, -0.1) is 0 Å². The minimum absolute atomic E-state index is 0.400. The van der Waals surface area contributed by atoms with E-state index in [9.17, 15) is 9.59 Å². The lowest BCUT2D eigenvalue weighted by Crippen LogP contribution is -2.12. The first-order valence-corrected chi connectivity index (χ1v) is 4.70. The highest BCUT2D eigenvalue weighted by Gasteiger charge is 2.04. The highest BCUT2D eigenvalue weighted by molar-refractivity contribution is 5.78. The van der Waals surface area contributed by atoms with E-state index in [-0.39, 0.29) is 0 Å². The molecule has 0 amide bonds. The summed E-state index contributed by atoms with van der Waals surface area (Å²) in [7, 11) is 0. The predicted molar refractivity (Wildman–Crippen MR) is 56.7 cm³/mol. The SMILES string of the molecule is O=C(COc1ccc2oc(=O)ccc2c1)OO. The van der Waals surface area contributed by atoms with E-state index in [1.807, 2.05) is 0 Å². The third-order valence-electron chi connectivity index (χ3n) is 2.05. The van der Waals surface area contributed by atoms with Crippen molar-refractivity contribution in [3.63, 3.8) is 0 Å². The van der Waals surface area contributed by atoms with Crippen LogP contribution < -0.4 is 10.4 Å². The summed E-state index contributed by atoms with van der Waals surface area (Å²) in [5.74, 6) is -0.499. The molecule has 0 atom stereocenters. The van der Waals surface area contributed by atoms with E-state index in [0.717, 1.165) is 0 Å². The zero-order valence-electron chi connectivity index (χ0n) is 8.58. The second-order valence-corrected chi connectivity index (χ2v) is 3.21. The zero-order valence-corrected chi connectivity index (χ0v) is 8.58. The molecule has 0 spiro atoms. The van der Waals surface area contributed by atoms with Gasteiger partial charge in [0.25, 0.3) is 0 Å². The molecule has 6 heteroatoms.